The molecule has 1 saturated carbocycles. The molecule has 0 bridgehead atoms. The van der Waals surface area contributed by atoms with Crippen LogP contribution in [-0.2, 0) is 4.79 Å². The van der Waals surface area contributed by atoms with Crippen LogP contribution in [0.1, 0.15) is 41.1 Å². The van der Waals surface area contributed by atoms with Crippen molar-refractivity contribution in [2.45, 2.75) is 19.3 Å². The summed E-state index contributed by atoms with van der Waals surface area (Å²) in [5, 5.41) is 2.76. The van der Waals surface area contributed by atoms with Crippen LogP contribution >= 0.6 is 0 Å². The number of nitrogens with zero attached hydrogens (tertiary/aromatic N) is 1. The normalized spacial score (nSPS) is 19.0. The van der Waals surface area contributed by atoms with Crippen molar-refractivity contribution in [1.29, 1.82) is 0 Å². The summed E-state index contributed by atoms with van der Waals surface area (Å²) in [6.07, 6.45) is 4.25. The highest BCUT2D eigenvalue weighted by molar-refractivity contribution is 6.02. The average Bonchev–Trinajstić information content (AvgIpc) is 3.13. The highest BCUT2D eigenvalue weighted by atomic mass is 16.3. The number of hydrogen-bond donors (Lipinski definition) is 1. The molecular formula is C20H22N2O3. The third-order valence-corrected chi connectivity index (χ3v) is 4.30. The zero-order valence-corrected chi connectivity index (χ0v) is 14.7. The summed E-state index contributed by atoms with van der Waals surface area (Å²) in [5.74, 6) is 2.48. The summed E-state index contributed by atoms with van der Waals surface area (Å²) in [6.45, 7) is 2.20. The van der Waals surface area contributed by atoms with Crippen LogP contribution in [0.25, 0.3) is 6.08 Å². The van der Waals surface area contributed by atoms with Crippen molar-refractivity contribution in [2.24, 2.45) is 5.92 Å². The van der Waals surface area contributed by atoms with Crippen LogP contribution in [-0.4, -0.2) is 30.8 Å². The molecule has 5 heteroatoms. The molecule has 25 heavy (non-hydrogen) atoms. The fourth-order valence-corrected chi connectivity index (χ4v) is 2.71. The fraction of sp³-hybridized carbons (Fsp3) is 0.300. The van der Waals surface area contributed by atoms with E-state index in [4.69, 9.17) is 4.42 Å². The van der Waals surface area contributed by atoms with Gasteiger partial charge in [-0.3, -0.25) is 9.59 Å². The Morgan fingerprint density at radius 1 is 1.24 bits per heavy atom. The average molecular weight is 338 g/mol. The van der Waals surface area contributed by atoms with Crippen molar-refractivity contribution in [1.82, 2.24) is 4.90 Å². The number of rotatable bonds is 5. The molecule has 3 rings (SSSR count). The van der Waals surface area contributed by atoms with E-state index in [9.17, 15) is 9.59 Å². The van der Waals surface area contributed by atoms with Gasteiger partial charge in [-0.25, -0.2) is 0 Å². The molecule has 0 aliphatic heterocycles. The van der Waals surface area contributed by atoms with Gasteiger partial charge in [0.25, 0.3) is 5.91 Å². The van der Waals surface area contributed by atoms with Gasteiger partial charge >= 0.3 is 0 Å². The first-order valence-electron chi connectivity index (χ1n) is 8.34. The number of anilines is 1. The van der Waals surface area contributed by atoms with E-state index >= 15 is 0 Å². The Balaban J connectivity index is 1.61. The monoisotopic (exact) mass is 338 g/mol. The number of carbonyl (C=O) groups is 2. The van der Waals surface area contributed by atoms with E-state index in [1.54, 1.807) is 44.4 Å². The number of carbonyl (C=O) groups excluding carboxylic acids is 2. The molecule has 1 aromatic heterocycles. The molecule has 2 unspecified atom stereocenters. The Bertz CT molecular complexity index is 820. The SMILES string of the molecule is CC1CC1c1ccc(/C=C/C(=O)Nc2cccc(C(=O)N(C)C)c2)o1. The maximum atomic E-state index is 12.1. The third kappa shape index (κ3) is 4.18. The second-order valence-corrected chi connectivity index (χ2v) is 6.66. The lowest BCUT2D eigenvalue weighted by Gasteiger charge is -2.11. The van der Waals surface area contributed by atoms with Gasteiger partial charge < -0.3 is 14.6 Å². The molecule has 1 aliphatic rings. The molecule has 2 aromatic rings. The minimum Gasteiger partial charge on any atom is -0.461 e. The van der Waals surface area contributed by atoms with Crippen LogP contribution in [0.5, 0.6) is 0 Å². The Morgan fingerprint density at radius 2 is 2.00 bits per heavy atom. The molecule has 5 nitrogen and oxygen atoms in total. The summed E-state index contributed by atoms with van der Waals surface area (Å²) in [5.41, 5.74) is 1.11. The van der Waals surface area contributed by atoms with Gasteiger partial charge in [0, 0.05) is 37.3 Å². The highest BCUT2D eigenvalue weighted by Gasteiger charge is 2.36. The number of hydrogen-bond acceptors (Lipinski definition) is 3. The summed E-state index contributed by atoms with van der Waals surface area (Å²) < 4.78 is 5.74. The van der Waals surface area contributed by atoms with Crippen molar-refractivity contribution in [3.8, 4) is 0 Å². The van der Waals surface area contributed by atoms with E-state index in [0.717, 1.165) is 5.76 Å². The van der Waals surface area contributed by atoms with Crippen molar-refractivity contribution in [3.05, 3.63) is 59.6 Å². The van der Waals surface area contributed by atoms with Crippen LogP contribution < -0.4 is 5.32 Å². The standard InChI is InChI=1S/C20H22N2O3/c1-13-11-17(13)18-9-7-16(25-18)8-10-19(23)21-15-6-4-5-14(12-15)20(24)22(2)3/h4-10,12-13,17H,11H2,1-3H3,(H,21,23)/b10-8+. The highest BCUT2D eigenvalue weighted by Crippen LogP contribution is 2.47. The minimum atomic E-state index is -0.271. The maximum absolute atomic E-state index is 12.1. The molecule has 0 spiro atoms. The molecule has 0 saturated heterocycles. The van der Waals surface area contributed by atoms with Gasteiger partial charge in [-0.2, -0.15) is 0 Å². The smallest absolute Gasteiger partial charge is 0.253 e. The van der Waals surface area contributed by atoms with Gasteiger partial charge in [0.05, 0.1) is 0 Å². The van der Waals surface area contributed by atoms with Gasteiger partial charge in [-0.05, 0) is 48.7 Å². The summed E-state index contributed by atoms with van der Waals surface area (Å²) in [4.78, 5) is 25.5. The Morgan fingerprint density at radius 3 is 2.68 bits per heavy atom. The van der Waals surface area contributed by atoms with Crippen molar-refractivity contribution in [3.63, 3.8) is 0 Å². The second-order valence-electron chi connectivity index (χ2n) is 6.66. The third-order valence-electron chi connectivity index (χ3n) is 4.30. The first-order chi connectivity index (χ1) is 11.9. The quantitative estimate of drug-likeness (QED) is 0.845. The summed E-state index contributed by atoms with van der Waals surface area (Å²) >= 11 is 0. The first-order valence-corrected chi connectivity index (χ1v) is 8.34. The molecule has 1 aromatic carbocycles. The number of amides is 2. The lowest BCUT2D eigenvalue weighted by Crippen LogP contribution is -2.21. The molecule has 0 radical (unpaired) electrons. The molecule has 1 N–H and O–H groups in total. The predicted molar refractivity (Wildman–Crippen MR) is 97.4 cm³/mol. The summed E-state index contributed by atoms with van der Waals surface area (Å²) in [6, 6.07) is 10.7. The second kappa shape index (κ2) is 6.97. The number of nitrogens with one attached hydrogen (secondary N) is 1. The van der Waals surface area contributed by atoms with Gasteiger partial charge in [0.1, 0.15) is 11.5 Å². The van der Waals surface area contributed by atoms with Crippen molar-refractivity contribution < 1.29 is 14.0 Å². The van der Waals surface area contributed by atoms with E-state index in [1.807, 2.05) is 12.1 Å². The van der Waals surface area contributed by atoms with Gasteiger partial charge in [0.2, 0.25) is 5.91 Å². The molecule has 2 amide bonds. The Kier molecular flexibility index (Phi) is 4.74. The first kappa shape index (κ1) is 17.0. The minimum absolute atomic E-state index is 0.107. The summed E-state index contributed by atoms with van der Waals surface area (Å²) in [7, 11) is 3.38. The zero-order valence-electron chi connectivity index (χ0n) is 14.7. The van der Waals surface area contributed by atoms with Gasteiger partial charge in [0.15, 0.2) is 0 Å². The lowest BCUT2D eigenvalue weighted by atomic mass is 10.2. The molecule has 130 valence electrons. The van der Waals surface area contributed by atoms with Gasteiger partial charge in [-0.1, -0.05) is 13.0 Å². The van der Waals surface area contributed by atoms with Crippen molar-refractivity contribution in [2.75, 3.05) is 19.4 Å². The molecular weight excluding hydrogens is 316 g/mol. The van der Waals surface area contributed by atoms with Crippen LogP contribution in [0, 0.1) is 5.92 Å². The van der Waals surface area contributed by atoms with Crippen LogP contribution in [0.3, 0.4) is 0 Å². The van der Waals surface area contributed by atoms with Crippen LogP contribution in [0.4, 0.5) is 5.69 Å². The largest absolute Gasteiger partial charge is 0.461 e. The van der Waals surface area contributed by atoms with E-state index in [-0.39, 0.29) is 11.8 Å². The van der Waals surface area contributed by atoms with E-state index in [1.165, 1.54) is 17.4 Å². The molecule has 1 heterocycles. The van der Waals surface area contributed by atoms with E-state index in [2.05, 4.69) is 12.2 Å². The maximum Gasteiger partial charge on any atom is 0.253 e. The van der Waals surface area contributed by atoms with E-state index in [0.29, 0.717) is 28.8 Å². The Labute approximate surface area is 147 Å². The fourth-order valence-electron chi connectivity index (χ4n) is 2.71. The number of benzene rings is 1. The van der Waals surface area contributed by atoms with Crippen molar-refractivity contribution >= 4 is 23.6 Å². The molecule has 1 fully saturated rings. The predicted octanol–water partition coefficient (Wildman–Crippen LogP) is 3.76. The van der Waals surface area contributed by atoms with Crippen LogP contribution in [0.2, 0.25) is 0 Å². The zero-order chi connectivity index (χ0) is 18.0. The number of furan rings is 1. The lowest BCUT2D eigenvalue weighted by molar-refractivity contribution is -0.111. The molecule has 2 atom stereocenters. The molecule has 1 aliphatic carbocycles. The van der Waals surface area contributed by atoms with Crippen LogP contribution in [0.15, 0.2) is 46.9 Å². The topological polar surface area (TPSA) is 62.6 Å². The Hall–Kier alpha value is -2.82. The van der Waals surface area contributed by atoms with E-state index < -0.39 is 0 Å². The van der Waals surface area contributed by atoms with Gasteiger partial charge in [-0.15, -0.1) is 0 Å².